The van der Waals surface area contributed by atoms with E-state index in [1.54, 1.807) is 0 Å². The van der Waals surface area contributed by atoms with E-state index < -0.39 is 0 Å². The Hall–Kier alpha value is -1.39. The summed E-state index contributed by atoms with van der Waals surface area (Å²) in [6.07, 6.45) is 3.87. The van der Waals surface area contributed by atoms with Crippen molar-refractivity contribution < 1.29 is 0 Å². The van der Waals surface area contributed by atoms with E-state index in [1.807, 2.05) is 12.3 Å². The van der Waals surface area contributed by atoms with Gasteiger partial charge in [-0.2, -0.15) is 0 Å². The maximum absolute atomic E-state index is 4.31. The van der Waals surface area contributed by atoms with Gasteiger partial charge in [-0.1, -0.05) is 13.8 Å². The number of nitrogens with one attached hydrogen (secondary N) is 2. The van der Waals surface area contributed by atoms with E-state index in [2.05, 4.69) is 53.2 Å². The highest BCUT2D eigenvalue weighted by Crippen LogP contribution is 2.15. The van der Waals surface area contributed by atoms with Gasteiger partial charge in [0.1, 0.15) is 5.65 Å². The third-order valence-electron chi connectivity index (χ3n) is 3.60. The van der Waals surface area contributed by atoms with Crippen molar-refractivity contribution >= 4 is 11.0 Å². The van der Waals surface area contributed by atoms with E-state index in [-0.39, 0.29) is 0 Å². The average molecular weight is 260 g/mol. The van der Waals surface area contributed by atoms with Crippen molar-refractivity contribution in [1.82, 2.24) is 20.2 Å². The van der Waals surface area contributed by atoms with Gasteiger partial charge in [-0.05, 0) is 37.7 Å². The number of hydrogen-bond acceptors (Lipinski definition) is 3. The average Bonchev–Trinajstić information content (AvgIpc) is 2.86. The fraction of sp³-hybridized carbons (Fsp3) is 0.533. The number of fused-ring (bicyclic) bond motifs is 1. The smallest absolute Gasteiger partial charge is 0.137 e. The summed E-state index contributed by atoms with van der Waals surface area (Å²) in [6, 6.07) is 4.59. The molecule has 0 aliphatic heterocycles. The van der Waals surface area contributed by atoms with Crippen LogP contribution in [-0.2, 0) is 6.54 Å². The Bertz CT molecular complexity index is 502. The van der Waals surface area contributed by atoms with Crippen LogP contribution in [0.1, 0.15) is 26.3 Å². The highest BCUT2D eigenvalue weighted by atomic mass is 15.1. The van der Waals surface area contributed by atoms with Crippen LogP contribution >= 0.6 is 0 Å². The quantitative estimate of drug-likeness (QED) is 0.803. The predicted octanol–water partition coefficient (Wildman–Crippen LogP) is 2.38. The van der Waals surface area contributed by atoms with Gasteiger partial charge < -0.3 is 15.2 Å². The molecule has 0 amide bonds. The topological polar surface area (TPSA) is 44.0 Å². The molecule has 0 aromatic carbocycles. The van der Waals surface area contributed by atoms with Crippen LogP contribution in [0.2, 0.25) is 0 Å². The first-order valence-corrected chi connectivity index (χ1v) is 7.11. The highest BCUT2D eigenvalue weighted by Gasteiger charge is 2.08. The first kappa shape index (κ1) is 14.0. The zero-order valence-corrected chi connectivity index (χ0v) is 12.1. The number of hydrogen-bond donors (Lipinski definition) is 2. The first-order valence-electron chi connectivity index (χ1n) is 7.11. The molecule has 19 heavy (non-hydrogen) atoms. The van der Waals surface area contributed by atoms with Crippen molar-refractivity contribution in [2.45, 2.75) is 33.4 Å². The summed E-state index contributed by atoms with van der Waals surface area (Å²) in [5, 5.41) is 4.80. The number of H-pyrrole nitrogens is 1. The van der Waals surface area contributed by atoms with Crippen LogP contribution in [0.3, 0.4) is 0 Å². The van der Waals surface area contributed by atoms with Gasteiger partial charge >= 0.3 is 0 Å². The molecule has 0 aliphatic carbocycles. The lowest BCUT2D eigenvalue weighted by atomic mass is 10.2. The molecule has 1 atom stereocenters. The van der Waals surface area contributed by atoms with Gasteiger partial charge in [-0.15, -0.1) is 0 Å². The SMILES string of the molecule is CCN(CC)CC(C)NCc1c[nH]c2ncccc12. The summed E-state index contributed by atoms with van der Waals surface area (Å²) in [7, 11) is 0. The second-order valence-corrected chi connectivity index (χ2v) is 4.98. The maximum Gasteiger partial charge on any atom is 0.137 e. The Kier molecular flexibility index (Phi) is 4.93. The molecule has 0 aliphatic rings. The molecule has 0 saturated heterocycles. The van der Waals surface area contributed by atoms with Crippen LogP contribution in [0.25, 0.3) is 11.0 Å². The molecule has 0 radical (unpaired) electrons. The molecule has 4 nitrogen and oxygen atoms in total. The second kappa shape index (κ2) is 6.68. The molecular weight excluding hydrogens is 236 g/mol. The van der Waals surface area contributed by atoms with Gasteiger partial charge in [-0.3, -0.25) is 0 Å². The number of rotatable bonds is 7. The summed E-state index contributed by atoms with van der Waals surface area (Å²) >= 11 is 0. The fourth-order valence-corrected chi connectivity index (χ4v) is 2.38. The lowest BCUT2D eigenvalue weighted by Crippen LogP contribution is -2.38. The summed E-state index contributed by atoms with van der Waals surface area (Å²) in [4.78, 5) is 9.96. The molecule has 4 heteroatoms. The van der Waals surface area contributed by atoms with Crippen molar-refractivity contribution in [2.75, 3.05) is 19.6 Å². The third-order valence-corrected chi connectivity index (χ3v) is 3.60. The van der Waals surface area contributed by atoms with Gasteiger partial charge in [0, 0.05) is 36.9 Å². The summed E-state index contributed by atoms with van der Waals surface area (Å²) in [6.45, 7) is 10.9. The van der Waals surface area contributed by atoms with E-state index in [9.17, 15) is 0 Å². The van der Waals surface area contributed by atoms with Crippen molar-refractivity contribution in [3.05, 3.63) is 30.1 Å². The summed E-state index contributed by atoms with van der Waals surface area (Å²) < 4.78 is 0. The molecule has 1 unspecified atom stereocenters. The van der Waals surface area contributed by atoms with Gasteiger partial charge in [0.15, 0.2) is 0 Å². The van der Waals surface area contributed by atoms with Gasteiger partial charge in [0.25, 0.3) is 0 Å². The number of likely N-dealkylation sites (N-methyl/N-ethyl adjacent to an activating group) is 1. The van der Waals surface area contributed by atoms with Crippen molar-refractivity contribution in [3.8, 4) is 0 Å². The molecule has 2 heterocycles. The van der Waals surface area contributed by atoms with Gasteiger partial charge in [0.2, 0.25) is 0 Å². The molecule has 0 spiro atoms. The van der Waals surface area contributed by atoms with Crippen molar-refractivity contribution in [1.29, 1.82) is 0 Å². The second-order valence-electron chi connectivity index (χ2n) is 4.98. The third kappa shape index (κ3) is 3.55. The Morgan fingerprint density at radius 3 is 2.89 bits per heavy atom. The molecule has 2 aromatic rings. The van der Waals surface area contributed by atoms with Crippen molar-refractivity contribution in [3.63, 3.8) is 0 Å². The van der Waals surface area contributed by atoms with Gasteiger partial charge in [0.05, 0.1) is 0 Å². The molecular formula is C15H24N4. The lowest BCUT2D eigenvalue weighted by molar-refractivity contribution is 0.271. The standard InChI is InChI=1S/C15H24N4/c1-4-19(5-2)11-12(3)17-9-13-10-18-15-14(13)7-6-8-16-15/h6-8,10,12,17H,4-5,9,11H2,1-3H3,(H,16,18). The Balaban J connectivity index is 1.91. The summed E-state index contributed by atoms with van der Waals surface area (Å²) in [5.41, 5.74) is 2.25. The first-order chi connectivity index (χ1) is 9.24. The van der Waals surface area contributed by atoms with Crippen LogP contribution in [-0.4, -0.2) is 40.5 Å². The Morgan fingerprint density at radius 2 is 2.16 bits per heavy atom. The fourth-order valence-electron chi connectivity index (χ4n) is 2.38. The molecule has 2 N–H and O–H groups in total. The lowest BCUT2D eigenvalue weighted by Gasteiger charge is -2.23. The van der Waals surface area contributed by atoms with Crippen molar-refractivity contribution in [2.24, 2.45) is 0 Å². The Morgan fingerprint density at radius 1 is 1.37 bits per heavy atom. The molecule has 2 rings (SSSR count). The number of aromatic amines is 1. The van der Waals surface area contributed by atoms with E-state index >= 15 is 0 Å². The number of nitrogens with zero attached hydrogens (tertiary/aromatic N) is 2. The molecule has 0 bridgehead atoms. The van der Waals surface area contributed by atoms with E-state index in [0.29, 0.717) is 6.04 Å². The monoisotopic (exact) mass is 260 g/mol. The van der Waals surface area contributed by atoms with Crippen LogP contribution < -0.4 is 5.32 Å². The molecule has 0 saturated carbocycles. The van der Waals surface area contributed by atoms with E-state index in [4.69, 9.17) is 0 Å². The van der Waals surface area contributed by atoms with E-state index in [1.165, 1.54) is 10.9 Å². The molecule has 2 aromatic heterocycles. The largest absolute Gasteiger partial charge is 0.346 e. The van der Waals surface area contributed by atoms with Crippen LogP contribution in [0.4, 0.5) is 0 Å². The maximum atomic E-state index is 4.31. The predicted molar refractivity (Wildman–Crippen MR) is 80.2 cm³/mol. The van der Waals surface area contributed by atoms with Gasteiger partial charge in [-0.25, -0.2) is 4.98 Å². The van der Waals surface area contributed by atoms with E-state index in [0.717, 1.165) is 31.8 Å². The summed E-state index contributed by atoms with van der Waals surface area (Å²) in [5.74, 6) is 0. The zero-order chi connectivity index (χ0) is 13.7. The zero-order valence-electron chi connectivity index (χ0n) is 12.1. The Labute approximate surface area is 115 Å². The van der Waals surface area contributed by atoms with Crippen LogP contribution in [0, 0.1) is 0 Å². The number of pyridine rings is 1. The molecule has 0 fully saturated rings. The number of aromatic nitrogens is 2. The minimum atomic E-state index is 0.488. The molecule has 104 valence electrons. The minimum Gasteiger partial charge on any atom is -0.346 e. The van der Waals surface area contributed by atoms with Crippen LogP contribution in [0.15, 0.2) is 24.5 Å². The minimum absolute atomic E-state index is 0.488. The highest BCUT2D eigenvalue weighted by molar-refractivity contribution is 5.79. The van der Waals surface area contributed by atoms with Crippen LogP contribution in [0.5, 0.6) is 0 Å². The normalized spacial score (nSPS) is 13.3.